The summed E-state index contributed by atoms with van der Waals surface area (Å²) < 4.78 is 5.36. The summed E-state index contributed by atoms with van der Waals surface area (Å²) >= 11 is 0. The zero-order valence-corrected chi connectivity index (χ0v) is 13.2. The number of ether oxygens (including phenoxy) is 1. The van der Waals surface area contributed by atoms with E-state index in [-0.39, 0.29) is 5.54 Å². The van der Waals surface area contributed by atoms with Crippen LogP contribution in [0.4, 0.5) is 0 Å². The standard InChI is InChI=1S/C16H31N3O/c1-13(14-3-4-14)19(9-10-20-2)16(11-17)7-8-18(12-16)15-5-6-15/h13-15H,3-12,17H2,1-2H3. The topological polar surface area (TPSA) is 41.7 Å². The second kappa shape index (κ2) is 5.91. The van der Waals surface area contributed by atoms with Gasteiger partial charge >= 0.3 is 0 Å². The Morgan fingerprint density at radius 1 is 1.35 bits per heavy atom. The van der Waals surface area contributed by atoms with Crippen LogP contribution in [0.3, 0.4) is 0 Å². The maximum atomic E-state index is 6.27. The third-order valence-electron chi connectivity index (χ3n) is 5.75. The van der Waals surface area contributed by atoms with Crippen LogP contribution in [0.2, 0.25) is 0 Å². The van der Waals surface area contributed by atoms with E-state index in [0.29, 0.717) is 6.04 Å². The minimum Gasteiger partial charge on any atom is -0.383 e. The highest BCUT2D eigenvalue weighted by molar-refractivity contribution is 5.06. The normalized spacial score (nSPS) is 33.0. The first-order chi connectivity index (χ1) is 9.70. The van der Waals surface area contributed by atoms with Gasteiger partial charge in [-0.05, 0) is 44.9 Å². The van der Waals surface area contributed by atoms with E-state index in [1.165, 1.54) is 45.2 Å². The molecule has 0 bridgehead atoms. The van der Waals surface area contributed by atoms with Crippen molar-refractivity contribution in [2.45, 2.75) is 56.7 Å². The monoisotopic (exact) mass is 281 g/mol. The maximum absolute atomic E-state index is 6.27. The SMILES string of the molecule is COCCN(C(C)C1CC1)C1(CN)CCN(C2CC2)C1. The Labute approximate surface area is 123 Å². The number of likely N-dealkylation sites (tertiary alicyclic amines) is 1. The van der Waals surface area contributed by atoms with E-state index in [1.54, 1.807) is 7.11 Å². The molecule has 2 N–H and O–H groups in total. The molecule has 2 unspecified atom stereocenters. The Bertz CT molecular complexity index is 330. The van der Waals surface area contributed by atoms with Gasteiger partial charge in [0, 0.05) is 50.9 Å². The molecule has 3 fully saturated rings. The molecular formula is C16H31N3O. The molecule has 116 valence electrons. The third kappa shape index (κ3) is 2.89. The van der Waals surface area contributed by atoms with Crippen LogP contribution >= 0.6 is 0 Å². The van der Waals surface area contributed by atoms with Crippen LogP contribution in [-0.2, 0) is 4.74 Å². The molecular weight excluding hydrogens is 250 g/mol. The van der Waals surface area contributed by atoms with Crippen LogP contribution in [-0.4, -0.2) is 67.3 Å². The molecule has 4 nitrogen and oxygen atoms in total. The van der Waals surface area contributed by atoms with Gasteiger partial charge in [0.1, 0.15) is 0 Å². The van der Waals surface area contributed by atoms with Gasteiger partial charge < -0.3 is 10.5 Å². The Morgan fingerprint density at radius 2 is 2.10 bits per heavy atom. The molecule has 2 saturated carbocycles. The number of nitrogens with zero attached hydrogens (tertiary/aromatic N) is 2. The summed E-state index contributed by atoms with van der Waals surface area (Å²) in [6, 6.07) is 1.52. The summed E-state index contributed by atoms with van der Waals surface area (Å²) in [5, 5.41) is 0. The van der Waals surface area contributed by atoms with Crippen molar-refractivity contribution < 1.29 is 4.74 Å². The van der Waals surface area contributed by atoms with Crippen LogP contribution < -0.4 is 5.73 Å². The number of nitrogens with two attached hydrogens (primary N) is 1. The highest BCUT2D eigenvalue weighted by Crippen LogP contribution is 2.41. The predicted molar refractivity (Wildman–Crippen MR) is 81.8 cm³/mol. The van der Waals surface area contributed by atoms with Crippen molar-refractivity contribution in [2.24, 2.45) is 11.7 Å². The van der Waals surface area contributed by atoms with Gasteiger partial charge in [0.05, 0.1) is 6.61 Å². The Balaban J connectivity index is 1.71. The van der Waals surface area contributed by atoms with Crippen LogP contribution in [0.1, 0.15) is 39.0 Å². The fourth-order valence-electron chi connectivity index (χ4n) is 4.05. The van der Waals surface area contributed by atoms with Crippen LogP contribution in [0.15, 0.2) is 0 Å². The molecule has 0 radical (unpaired) electrons. The van der Waals surface area contributed by atoms with Crippen LogP contribution in [0.25, 0.3) is 0 Å². The molecule has 0 spiro atoms. The summed E-state index contributed by atoms with van der Waals surface area (Å²) in [4.78, 5) is 5.39. The Morgan fingerprint density at radius 3 is 2.65 bits per heavy atom. The lowest BCUT2D eigenvalue weighted by Gasteiger charge is -2.44. The quantitative estimate of drug-likeness (QED) is 0.728. The maximum Gasteiger partial charge on any atom is 0.0590 e. The summed E-state index contributed by atoms with van der Waals surface area (Å²) in [6.07, 6.45) is 6.84. The lowest BCUT2D eigenvalue weighted by molar-refractivity contribution is 0.0252. The van der Waals surface area contributed by atoms with Crippen molar-refractivity contribution in [3.8, 4) is 0 Å². The van der Waals surface area contributed by atoms with Gasteiger partial charge in [-0.3, -0.25) is 9.80 Å². The average molecular weight is 281 g/mol. The van der Waals surface area contributed by atoms with Crippen molar-refractivity contribution in [1.29, 1.82) is 0 Å². The van der Waals surface area contributed by atoms with Crippen molar-refractivity contribution >= 4 is 0 Å². The second-order valence-corrected chi connectivity index (χ2v) is 7.14. The largest absolute Gasteiger partial charge is 0.383 e. The molecule has 3 aliphatic rings. The van der Waals surface area contributed by atoms with Gasteiger partial charge in [-0.15, -0.1) is 0 Å². The number of hydrogen-bond donors (Lipinski definition) is 1. The predicted octanol–water partition coefficient (Wildman–Crippen LogP) is 1.30. The van der Waals surface area contributed by atoms with E-state index < -0.39 is 0 Å². The van der Waals surface area contributed by atoms with E-state index in [2.05, 4.69) is 16.7 Å². The molecule has 0 aromatic rings. The summed E-state index contributed by atoms with van der Waals surface area (Å²) in [5.74, 6) is 0.894. The zero-order chi connectivity index (χ0) is 14.2. The lowest BCUT2D eigenvalue weighted by Crippen LogP contribution is -2.60. The Hall–Kier alpha value is -0.160. The summed E-state index contributed by atoms with van der Waals surface area (Å²) in [7, 11) is 1.81. The van der Waals surface area contributed by atoms with Gasteiger partial charge in [-0.2, -0.15) is 0 Å². The first-order valence-corrected chi connectivity index (χ1v) is 8.40. The van der Waals surface area contributed by atoms with E-state index in [4.69, 9.17) is 10.5 Å². The van der Waals surface area contributed by atoms with Crippen molar-refractivity contribution in [2.75, 3.05) is 39.9 Å². The van der Waals surface area contributed by atoms with Gasteiger partial charge in [-0.25, -0.2) is 0 Å². The molecule has 20 heavy (non-hydrogen) atoms. The number of hydrogen-bond acceptors (Lipinski definition) is 4. The molecule has 2 atom stereocenters. The average Bonchev–Trinajstić information content (AvgIpc) is 3.36. The summed E-state index contributed by atoms with van der Waals surface area (Å²) in [6.45, 7) is 7.46. The smallest absolute Gasteiger partial charge is 0.0590 e. The zero-order valence-electron chi connectivity index (χ0n) is 13.2. The van der Waals surface area contributed by atoms with Crippen LogP contribution in [0.5, 0.6) is 0 Å². The third-order valence-corrected chi connectivity index (χ3v) is 5.75. The summed E-state index contributed by atoms with van der Waals surface area (Å²) in [5.41, 5.74) is 6.47. The fourth-order valence-corrected chi connectivity index (χ4v) is 4.05. The molecule has 4 heteroatoms. The van der Waals surface area contributed by atoms with Gasteiger partial charge in [0.2, 0.25) is 0 Å². The van der Waals surface area contributed by atoms with Gasteiger partial charge in [0.15, 0.2) is 0 Å². The molecule has 0 amide bonds. The van der Waals surface area contributed by atoms with Crippen LogP contribution in [0, 0.1) is 5.92 Å². The van der Waals surface area contributed by atoms with Crippen molar-refractivity contribution in [3.05, 3.63) is 0 Å². The fraction of sp³-hybridized carbons (Fsp3) is 1.00. The lowest BCUT2D eigenvalue weighted by atomic mass is 9.93. The van der Waals surface area contributed by atoms with E-state index in [9.17, 15) is 0 Å². The molecule has 1 heterocycles. The van der Waals surface area contributed by atoms with Crippen molar-refractivity contribution in [1.82, 2.24) is 9.80 Å². The molecule has 1 aliphatic heterocycles. The number of methoxy groups -OCH3 is 1. The highest BCUT2D eigenvalue weighted by atomic mass is 16.5. The highest BCUT2D eigenvalue weighted by Gasteiger charge is 2.48. The molecule has 0 aromatic heterocycles. The van der Waals surface area contributed by atoms with Gasteiger partial charge in [0.25, 0.3) is 0 Å². The van der Waals surface area contributed by atoms with Gasteiger partial charge in [-0.1, -0.05) is 0 Å². The second-order valence-electron chi connectivity index (χ2n) is 7.14. The first-order valence-electron chi connectivity index (χ1n) is 8.40. The van der Waals surface area contributed by atoms with E-state index in [0.717, 1.165) is 31.7 Å². The molecule has 2 aliphatic carbocycles. The first kappa shape index (κ1) is 14.8. The number of rotatable bonds is 8. The van der Waals surface area contributed by atoms with E-state index >= 15 is 0 Å². The van der Waals surface area contributed by atoms with E-state index in [1.807, 2.05) is 0 Å². The molecule has 3 rings (SSSR count). The minimum atomic E-state index is 0.198. The molecule has 1 saturated heterocycles. The Kier molecular flexibility index (Phi) is 4.37. The molecule has 0 aromatic carbocycles. The minimum absolute atomic E-state index is 0.198. The van der Waals surface area contributed by atoms with Crippen molar-refractivity contribution in [3.63, 3.8) is 0 Å².